The molecule has 1 aromatic carbocycles. The van der Waals surface area contributed by atoms with Gasteiger partial charge in [0, 0.05) is 32.7 Å². The maximum Gasteiger partial charge on any atom is 0.221 e. The van der Waals surface area contributed by atoms with E-state index in [1.165, 1.54) is 0 Å². The van der Waals surface area contributed by atoms with Gasteiger partial charge in [0.15, 0.2) is 0 Å². The summed E-state index contributed by atoms with van der Waals surface area (Å²) < 4.78 is 15.8. The van der Waals surface area contributed by atoms with Crippen molar-refractivity contribution in [2.24, 2.45) is 0 Å². The second-order valence-corrected chi connectivity index (χ2v) is 5.20. The fraction of sp³-hybridized carbons (Fsp3) is 0.562. The summed E-state index contributed by atoms with van der Waals surface area (Å²) in [6, 6.07) is 7.81. The number of hydrogen-bond acceptors (Lipinski definition) is 5. The summed E-state index contributed by atoms with van der Waals surface area (Å²) in [7, 11) is 1.64. The van der Waals surface area contributed by atoms with Gasteiger partial charge in [-0.1, -0.05) is 12.1 Å². The maximum absolute atomic E-state index is 11.9. The normalized spacial score (nSPS) is 18.0. The first-order valence-electron chi connectivity index (χ1n) is 7.56. The molecular weight excluding hydrogens is 284 g/mol. The lowest BCUT2D eigenvalue weighted by molar-refractivity contribution is -0.122. The van der Waals surface area contributed by atoms with Gasteiger partial charge in [-0.3, -0.25) is 4.79 Å². The molecule has 1 aliphatic rings. The highest BCUT2D eigenvalue weighted by atomic mass is 16.5. The molecule has 122 valence electrons. The highest BCUT2D eigenvalue weighted by molar-refractivity contribution is 5.76. The lowest BCUT2D eigenvalue weighted by Crippen LogP contribution is -2.44. The molecule has 1 aromatic rings. The molecule has 1 unspecified atom stereocenters. The predicted molar refractivity (Wildman–Crippen MR) is 82.9 cm³/mol. The molecule has 1 amide bonds. The van der Waals surface area contributed by atoms with E-state index in [9.17, 15) is 4.79 Å². The van der Waals surface area contributed by atoms with Crippen LogP contribution in [0.15, 0.2) is 24.3 Å². The van der Waals surface area contributed by atoms with Gasteiger partial charge in [0.05, 0.1) is 19.8 Å². The second-order valence-electron chi connectivity index (χ2n) is 5.20. The summed E-state index contributed by atoms with van der Waals surface area (Å²) in [6.07, 6.45) is 0.435. The van der Waals surface area contributed by atoms with Crippen molar-refractivity contribution in [3.63, 3.8) is 0 Å². The van der Waals surface area contributed by atoms with E-state index in [1.54, 1.807) is 7.11 Å². The molecule has 0 saturated carbocycles. The van der Waals surface area contributed by atoms with Crippen molar-refractivity contribution in [1.29, 1.82) is 0 Å². The number of amides is 1. The predicted octanol–water partition coefficient (Wildman–Crippen LogP) is 0.707. The molecule has 0 spiro atoms. The van der Waals surface area contributed by atoms with Crippen molar-refractivity contribution in [3.8, 4) is 5.75 Å². The topological polar surface area (TPSA) is 68.8 Å². The van der Waals surface area contributed by atoms with Gasteiger partial charge in [-0.2, -0.15) is 0 Å². The SMILES string of the molecule is COCCOc1cccc(CNC(=O)CC2COCCN2)c1. The number of hydrogen-bond donors (Lipinski definition) is 2. The number of nitrogens with one attached hydrogen (secondary N) is 2. The molecular formula is C16H24N2O4. The average molecular weight is 308 g/mol. The van der Waals surface area contributed by atoms with Crippen LogP contribution in [-0.4, -0.2) is 52.0 Å². The fourth-order valence-electron chi connectivity index (χ4n) is 2.24. The number of ether oxygens (including phenoxy) is 3. The molecule has 0 bridgehead atoms. The molecule has 6 heteroatoms. The molecule has 6 nitrogen and oxygen atoms in total. The monoisotopic (exact) mass is 308 g/mol. The smallest absolute Gasteiger partial charge is 0.221 e. The minimum atomic E-state index is 0.0219. The van der Waals surface area contributed by atoms with Crippen LogP contribution in [0.1, 0.15) is 12.0 Å². The van der Waals surface area contributed by atoms with Crippen LogP contribution in [0.2, 0.25) is 0 Å². The van der Waals surface area contributed by atoms with E-state index in [1.807, 2.05) is 24.3 Å². The van der Waals surface area contributed by atoms with E-state index < -0.39 is 0 Å². The van der Waals surface area contributed by atoms with Crippen LogP contribution in [0.25, 0.3) is 0 Å². The number of benzene rings is 1. The van der Waals surface area contributed by atoms with Gasteiger partial charge in [-0.15, -0.1) is 0 Å². The minimum absolute atomic E-state index is 0.0219. The quantitative estimate of drug-likeness (QED) is 0.692. The number of carbonyl (C=O) groups excluding carboxylic acids is 1. The summed E-state index contributed by atoms with van der Waals surface area (Å²) in [4.78, 5) is 11.9. The van der Waals surface area contributed by atoms with E-state index in [-0.39, 0.29) is 11.9 Å². The van der Waals surface area contributed by atoms with Crippen molar-refractivity contribution in [2.45, 2.75) is 19.0 Å². The first kappa shape index (κ1) is 16.7. The average Bonchev–Trinajstić information content (AvgIpc) is 2.55. The Bertz CT molecular complexity index is 461. The van der Waals surface area contributed by atoms with Crippen molar-refractivity contribution in [3.05, 3.63) is 29.8 Å². The number of methoxy groups -OCH3 is 1. The molecule has 2 rings (SSSR count). The largest absolute Gasteiger partial charge is 0.491 e. The van der Waals surface area contributed by atoms with Crippen molar-refractivity contribution in [2.75, 3.05) is 40.1 Å². The van der Waals surface area contributed by atoms with Gasteiger partial charge in [0.2, 0.25) is 5.91 Å². The van der Waals surface area contributed by atoms with Gasteiger partial charge in [0.25, 0.3) is 0 Å². The Morgan fingerprint density at radius 2 is 2.36 bits per heavy atom. The molecule has 1 atom stereocenters. The zero-order valence-corrected chi connectivity index (χ0v) is 13.0. The van der Waals surface area contributed by atoms with Crippen LogP contribution in [-0.2, 0) is 20.8 Å². The first-order chi connectivity index (χ1) is 10.8. The van der Waals surface area contributed by atoms with Crippen LogP contribution in [0.3, 0.4) is 0 Å². The zero-order valence-electron chi connectivity index (χ0n) is 13.0. The summed E-state index contributed by atoms with van der Waals surface area (Å²) in [6.45, 7) is 3.67. The molecule has 0 aliphatic carbocycles. The molecule has 22 heavy (non-hydrogen) atoms. The Kier molecular flexibility index (Phi) is 7.15. The van der Waals surface area contributed by atoms with E-state index >= 15 is 0 Å². The lowest BCUT2D eigenvalue weighted by Gasteiger charge is -2.23. The van der Waals surface area contributed by atoms with Crippen LogP contribution in [0.5, 0.6) is 5.75 Å². The highest BCUT2D eigenvalue weighted by Crippen LogP contribution is 2.13. The Hall–Kier alpha value is -1.63. The number of carbonyl (C=O) groups is 1. The van der Waals surface area contributed by atoms with Crippen molar-refractivity contribution >= 4 is 5.91 Å². The first-order valence-corrected chi connectivity index (χ1v) is 7.56. The third-order valence-electron chi connectivity index (χ3n) is 3.37. The number of morpholine rings is 1. The van der Waals surface area contributed by atoms with Crippen molar-refractivity contribution in [1.82, 2.24) is 10.6 Å². The van der Waals surface area contributed by atoms with Crippen molar-refractivity contribution < 1.29 is 19.0 Å². The molecule has 0 radical (unpaired) electrons. The Morgan fingerprint density at radius 1 is 1.45 bits per heavy atom. The zero-order chi connectivity index (χ0) is 15.6. The van der Waals surface area contributed by atoms with Crippen LogP contribution >= 0.6 is 0 Å². The molecule has 1 fully saturated rings. The van der Waals surface area contributed by atoms with Crippen LogP contribution in [0, 0.1) is 0 Å². The van der Waals surface area contributed by atoms with Gasteiger partial charge < -0.3 is 24.8 Å². The summed E-state index contributed by atoms with van der Waals surface area (Å²) >= 11 is 0. The third kappa shape index (κ3) is 6.01. The molecule has 0 aromatic heterocycles. The molecule has 2 N–H and O–H groups in total. The van der Waals surface area contributed by atoms with E-state index in [2.05, 4.69) is 10.6 Å². The van der Waals surface area contributed by atoms with Crippen LogP contribution < -0.4 is 15.4 Å². The van der Waals surface area contributed by atoms with Crippen LogP contribution in [0.4, 0.5) is 0 Å². The molecule has 1 saturated heterocycles. The number of rotatable bonds is 8. The standard InChI is InChI=1S/C16H24N2O4/c1-20-7-8-22-15-4-2-3-13(9-15)11-18-16(19)10-14-12-21-6-5-17-14/h2-4,9,14,17H,5-8,10-12H2,1H3,(H,18,19). The minimum Gasteiger partial charge on any atom is -0.491 e. The van der Waals surface area contributed by atoms with Gasteiger partial charge in [0.1, 0.15) is 12.4 Å². The lowest BCUT2D eigenvalue weighted by atomic mass is 10.1. The summed E-state index contributed by atoms with van der Waals surface area (Å²) in [5.74, 6) is 0.805. The Morgan fingerprint density at radius 3 is 3.14 bits per heavy atom. The van der Waals surface area contributed by atoms with Gasteiger partial charge >= 0.3 is 0 Å². The molecule has 1 heterocycles. The Labute approximate surface area is 131 Å². The Balaban J connectivity index is 1.73. The van der Waals surface area contributed by atoms with E-state index in [0.717, 1.165) is 17.9 Å². The summed E-state index contributed by atoms with van der Waals surface area (Å²) in [5, 5.41) is 6.19. The third-order valence-corrected chi connectivity index (χ3v) is 3.37. The highest BCUT2D eigenvalue weighted by Gasteiger charge is 2.16. The second kappa shape index (κ2) is 9.40. The fourth-order valence-corrected chi connectivity index (χ4v) is 2.24. The van der Waals surface area contributed by atoms with E-state index in [4.69, 9.17) is 14.2 Å². The van der Waals surface area contributed by atoms with E-state index in [0.29, 0.717) is 39.4 Å². The maximum atomic E-state index is 11.9. The summed E-state index contributed by atoms with van der Waals surface area (Å²) in [5.41, 5.74) is 1.01. The molecule has 1 aliphatic heterocycles. The van der Waals surface area contributed by atoms with Gasteiger partial charge in [-0.05, 0) is 17.7 Å². The van der Waals surface area contributed by atoms with Gasteiger partial charge in [-0.25, -0.2) is 0 Å².